The molecule has 0 bridgehead atoms. The first kappa shape index (κ1) is 13.8. The Morgan fingerprint density at radius 1 is 1.06 bits per heavy atom. The molecule has 0 heterocycles. The van der Waals surface area contributed by atoms with Gasteiger partial charge in [0.15, 0.2) is 0 Å². The Hall–Kier alpha value is -1.24. The van der Waals surface area contributed by atoms with E-state index in [9.17, 15) is 26.3 Å². The van der Waals surface area contributed by atoms with Crippen molar-refractivity contribution >= 4 is 0 Å². The van der Waals surface area contributed by atoms with Gasteiger partial charge < -0.3 is 5.73 Å². The van der Waals surface area contributed by atoms with E-state index in [-0.39, 0.29) is 6.07 Å². The van der Waals surface area contributed by atoms with Gasteiger partial charge in [-0.1, -0.05) is 0 Å². The Balaban J connectivity index is 3.33. The van der Waals surface area contributed by atoms with Crippen LogP contribution in [0.3, 0.4) is 0 Å². The van der Waals surface area contributed by atoms with Crippen molar-refractivity contribution in [3.63, 3.8) is 0 Å². The van der Waals surface area contributed by atoms with Crippen LogP contribution in [0.25, 0.3) is 0 Å². The second kappa shape index (κ2) is 4.21. The highest BCUT2D eigenvalue weighted by Crippen LogP contribution is 2.34. The van der Waals surface area contributed by atoms with Crippen molar-refractivity contribution in [2.45, 2.75) is 25.1 Å². The van der Waals surface area contributed by atoms with Gasteiger partial charge >= 0.3 is 6.18 Å². The van der Waals surface area contributed by atoms with Crippen LogP contribution in [0.1, 0.15) is 18.1 Å². The highest BCUT2D eigenvalue weighted by atomic mass is 19.4. The lowest BCUT2D eigenvalue weighted by Gasteiger charge is -2.25. The molecule has 1 aromatic rings. The molecule has 0 amide bonds. The lowest BCUT2D eigenvalue weighted by atomic mass is 9.92. The summed E-state index contributed by atoms with van der Waals surface area (Å²) in [4.78, 5) is 0. The van der Waals surface area contributed by atoms with Crippen molar-refractivity contribution in [1.29, 1.82) is 0 Å². The summed E-state index contributed by atoms with van der Waals surface area (Å²) in [6.07, 6.45) is -7.92. The monoisotopic (exact) mass is 257 g/mol. The second-order valence-electron chi connectivity index (χ2n) is 3.81. The summed E-state index contributed by atoms with van der Waals surface area (Å²) in [6.45, 7) is 0.840. The fraction of sp³-hybridized carbons (Fsp3) is 0.400. The number of nitrogens with two attached hydrogens (primary N) is 1. The molecular formula is C10H9F6N. The van der Waals surface area contributed by atoms with Crippen molar-refractivity contribution in [1.82, 2.24) is 0 Å². The molecule has 1 nitrogen and oxygen atoms in total. The summed E-state index contributed by atoms with van der Waals surface area (Å²) in [6, 6.07) is 1.22. The van der Waals surface area contributed by atoms with Crippen LogP contribution in [-0.2, 0) is 11.7 Å². The molecule has 0 aliphatic carbocycles. The minimum Gasteiger partial charge on any atom is -0.317 e. The van der Waals surface area contributed by atoms with Gasteiger partial charge in [0.1, 0.15) is 5.82 Å². The molecule has 0 saturated heterocycles. The lowest BCUT2D eigenvalue weighted by molar-refractivity contribution is -0.137. The molecule has 0 aliphatic rings. The van der Waals surface area contributed by atoms with Crippen LogP contribution in [0.5, 0.6) is 0 Å². The molecular weight excluding hydrogens is 248 g/mol. The number of rotatable bonds is 2. The van der Waals surface area contributed by atoms with Gasteiger partial charge in [-0.25, -0.2) is 13.2 Å². The molecule has 7 heteroatoms. The Labute approximate surface area is 93.2 Å². The minimum absolute atomic E-state index is 0.227. The first-order valence-corrected chi connectivity index (χ1v) is 4.50. The standard InChI is InChI=1S/C10H9F6N/c1-9(17,8(12)13)5-2-6(10(14,15)16)4-7(11)3-5/h2-4,8H,17H2,1H3. The number of benzene rings is 1. The number of halogens is 6. The SMILES string of the molecule is CC(N)(c1cc(F)cc(C(F)(F)F)c1)C(F)F. The topological polar surface area (TPSA) is 26.0 Å². The maximum Gasteiger partial charge on any atom is 0.416 e. The molecule has 0 radical (unpaired) electrons. The number of hydrogen-bond acceptors (Lipinski definition) is 1. The third-order valence-electron chi connectivity index (χ3n) is 2.30. The van der Waals surface area contributed by atoms with Crippen LogP contribution in [-0.4, -0.2) is 6.43 Å². The summed E-state index contributed by atoms with van der Waals surface area (Å²) in [7, 11) is 0. The van der Waals surface area contributed by atoms with E-state index in [2.05, 4.69) is 0 Å². The molecule has 0 aromatic heterocycles. The normalized spacial score (nSPS) is 16.1. The highest BCUT2D eigenvalue weighted by molar-refractivity contribution is 5.32. The van der Waals surface area contributed by atoms with E-state index in [0.29, 0.717) is 12.1 Å². The van der Waals surface area contributed by atoms with Gasteiger partial charge in [0, 0.05) is 0 Å². The summed E-state index contributed by atoms with van der Waals surface area (Å²) >= 11 is 0. The van der Waals surface area contributed by atoms with Crippen LogP contribution in [0.2, 0.25) is 0 Å². The van der Waals surface area contributed by atoms with Crippen LogP contribution >= 0.6 is 0 Å². The molecule has 1 atom stereocenters. The molecule has 0 aliphatic heterocycles. The molecule has 1 rings (SSSR count). The van der Waals surface area contributed by atoms with Crippen molar-refractivity contribution in [3.05, 3.63) is 35.1 Å². The first-order chi connectivity index (χ1) is 7.55. The Morgan fingerprint density at radius 2 is 1.53 bits per heavy atom. The molecule has 0 saturated carbocycles. The minimum atomic E-state index is -4.81. The quantitative estimate of drug-likeness (QED) is 0.808. The average molecular weight is 257 g/mol. The maximum absolute atomic E-state index is 13.0. The molecule has 2 N–H and O–H groups in total. The Kier molecular flexibility index (Phi) is 3.42. The molecule has 17 heavy (non-hydrogen) atoms. The van der Waals surface area contributed by atoms with Crippen molar-refractivity contribution in [2.75, 3.05) is 0 Å². The van der Waals surface area contributed by atoms with E-state index >= 15 is 0 Å². The molecule has 1 unspecified atom stereocenters. The number of hydrogen-bond donors (Lipinski definition) is 1. The van der Waals surface area contributed by atoms with E-state index in [1.807, 2.05) is 0 Å². The average Bonchev–Trinajstić information content (AvgIpc) is 2.15. The van der Waals surface area contributed by atoms with Gasteiger partial charge in [0.2, 0.25) is 0 Å². The van der Waals surface area contributed by atoms with E-state index in [4.69, 9.17) is 5.73 Å². The largest absolute Gasteiger partial charge is 0.416 e. The summed E-state index contributed by atoms with van der Waals surface area (Å²) in [5, 5.41) is 0. The summed E-state index contributed by atoms with van der Waals surface area (Å²) < 4.78 is 75.0. The smallest absolute Gasteiger partial charge is 0.317 e. The van der Waals surface area contributed by atoms with Gasteiger partial charge in [-0.15, -0.1) is 0 Å². The zero-order chi connectivity index (χ0) is 13.4. The van der Waals surface area contributed by atoms with Gasteiger partial charge in [-0.2, -0.15) is 13.2 Å². The predicted molar refractivity (Wildman–Crippen MR) is 48.9 cm³/mol. The van der Waals surface area contributed by atoms with Crippen LogP contribution in [0, 0.1) is 5.82 Å². The number of alkyl halides is 5. The van der Waals surface area contributed by atoms with Crippen LogP contribution in [0.15, 0.2) is 18.2 Å². The van der Waals surface area contributed by atoms with Crippen LogP contribution in [0.4, 0.5) is 26.3 Å². The van der Waals surface area contributed by atoms with E-state index in [0.717, 1.165) is 6.92 Å². The second-order valence-corrected chi connectivity index (χ2v) is 3.81. The summed E-state index contributed by atoms with van der Waals surface area (Å²) in [5.74, 6) is -1.26. The van der Waals surface area contributed by atoms with E-state index < -0.39 is 35.1 Å². The molecule has 0 fully saturated rings. The maximum atomic E-state index is 13.0. The molecule has 0 spiro atoms. The third kappa shape index (κ3) is 2.91. The molecule has 96 valence electrons. The van der Waals surface area contributed by atoms with E-state index in [1.165, 1.54) is 0 Å². The Morgan fingerprint density at radius 3 is 1.94 bits per heavy atom. The first-order valence-electron chi connectivity index (χ1n) is 4.50. The zero-order valence-corrected chi connectivity index (χ0v) is 8.65. The van der Waals surface area contributed by atoms with Gasteiger partial charge in [-0.05, 0) is 30.7 Å². The van der Waals surface area contributed by atoms with Crippen molar-refractivity contribution in [3.8, 4) is 0 Å². The van der Waals surface area contributed by atoms with E-state index in [1.54, 1.807) is 0 Å². The van der Waals surface area contributed by atoms with Gasteiger partial charge in [-0.3, -0.25) is 0 Å². The predicted octanol–water partition coefficient (Wildman–Crippen LogP) is 3.28. The van der Waals surface area contributed by atoms with Crippen molar-refractivity contribution in [2.24, 2.45) is 5.73 Å². The molecule has 1 aromatic carbocycles. The van der Waals surface area contributed by atoms with Gasteiger partial charge in [0.05, 0.1) is 11.1 Å². The van der Waals surface area contributed by atoms with Gasteiger partial charge in [0.25, 0.3) is 6.43 Å². The Bertz CT molecular complexity index is 410. The fourth-order valence-corrected chi connectivity index (χ4v) is 1.19. The third-order valence-corrected chi connectivity index (χ3v) is 2.30. The lowest BCUT2D eigenvalue weighted by Crippen LogP contribution is -2.40. The highest BCUT2D eigenvalue weighted by Gasteiger charge is 2.37. The fourth-order valence-electron chi connectivity index (χ4n) is 1.19. The van der Waals surface area contributed by atoms with Crippen LogP contribution < -0.4 is 5.73 Å². The summed E-state index contributed by atoms with van der Waals surface area (Å²) in [5.41, 5.74) is 0.906. The zero-order valence-electron chi connectivity index (χ0n) is 8.65. The van der Waals surface area contributed by atoms with Crippen molar-refractivity contribution < 1.29 is 26.3 Å².